The van der Waals surface area contributed by atoms with E-state index in [4.69, 9.17) is 4.74 Å². The van der Waals surface area contributed by atoms with Gasteiger partial charge in [-0.05, 0) is 24.6 Å². The topological polar surface area (TPSA) is 50.4 Å². The second-order valence-corrected chi connectivity index (χ2v) is 4.57. The van der Waals surface area contributed by atoms with Crippen LogP contribution < -0.4 is 10.6 Å². The first-order valence-electron chi connectivity index (χ1n) is 5.39. The third kappa shape index (κ3) is 5.19. The molecule has 94 valence electrons. The van der Waals surface area contributed by atoms with E-state index >= 15 is 0 Å². The number of carbonyl (C=O) groups excluding carboxylic acids is 1. The fraction of sp³-hybridized carbons (Fsp3) is 0.417. The Morgan fingerprint density at radius 2 is 2.24 bits per heavy atom. The number of amides is 1. The van der Waals surface area contributed by atoms with E-state index in [9.17, 15) is 4.79 Å². The zero-order valence-corrected chi connectivity index (χ0v) is 11.6. The van der Waals surface area contributed by atoms with Crippen molar-refractivity contribution < 1.29 is 9.53 Å². The van der Waals surface area contributed by atoms with Gasteiger partial charge in [0.15, 0.2) is 0 Å². The van der Waals surface area contributed by atoms with Crippen LogP contribution in [-0.4, -0.2) is 32.7 Å². The van der Waals surface area contributed by atoms with Gasteiger partial charge in [0.2, 0.25) is 5.91 Å². The molecule has 1 aromatic carbocycles. The summed E-state index contributed by atoms with van der Waals surface area (Å²) in [6.45, 7) is 3.33. The number of halogens is 1. The predicted octanol–water partition coefficient (Wildman–Crippen LogP) is 1.93. The largest absolute Gasteiger partial charge is 0.383 e. The molecule has 0 spiro atoms. The highest BCUT2D eigenvalue weighted by atomic mass is 79.9. The summed E-state index contributed by atoms with van der Waals surface area (Å²) in [6.07, 6.45) is 0. The maximum Gasteiger partial charge on any atom is 0.239 e. The SMILES string of the molecule is COCCNC(=O)CNc1cc(Br)ccc1C. The van der Waals surface area contributed by atoms with Crippen molar-refractivity contribution >= 4 is 27.5 Å². The van der Waals surface area contributed by atoms with Crippen LogP contribution in [0.15, 0.2) is 22.7 Å². The number of anilines is 1. The van der Waals surface area contributed by atoms with Gasteiger partial charge in [0.05, 0.1) is 13.2 Å². The number of benzene rings is 1. The smallest absolute Gasteiger partial charge is 0.239 e. The highest BCUT2D eigenvalue weighted by molar-refractivity contribution is 9.10. The maximum atomic E-state index is 11.4. The van der Waals surface area contributed by atoms with E-state index < -0.39 is 0 Å². The molecule has 0 atom stereocenters. The van der Waals surface area contributed by atoms with E-state index in [1.165, 1.54) is 0 Å². The minimum atomic E-state index is -0.0403. The molecule has 0 fully saturated rings. The number of rotatable bonds is 6. The molecule has 2 N–H and O–H groups in total. The number of hydrogen-bond donors (Lipinski definition) is 2. The van der Waals surface area contributed by atoms with E-state index in [1.54, 1.807) is 7.11 Å². The Balaban J connectivity index is 2.39. The molecule has 0 aliphatic heterocycles. The number of carbonyl (C=O) groups is 1. The summed E-state index contributed by atoms with van der Waals surface area (Å²) in [5.74, 6) is -0.0403. The second kappa shape index (κ2) is 7.29. The summed E-state index contributed by atoms with van der Waals surface area (Å²) < 4.78 is 5.84. The van der Waals surface area contributed by atoms with Crippen molar-refractivity contribution in [1.82, 2.24) is 5.32 Å². The lowest BCUT2D eigenvalue weighted by molar-refractivity contribution is -0.119. The third-order valence-electron chi connectivity index (χ3n) is 2.27. The molecule has 4 nitrogen and oxygen atoms in total. The first-order chi connectivity index (χ1) is 8.13. The molecule has 5 heteroatoms. The molecule has 0 saturated carbocycles. The van der Waals surface area contributed by atoms with Crippen molar-refractivity contribution in [2.75, 3.05) is 32.1 Å². The quantitative estimate of drug-likeness (QED) is 0.789. The zero-order valence-electron chi connectivity index (χ0n) is 10.0. The molecular formula is C12H17BrN2O2. The van der Waals surface area contributed by atoms with Crippen molar-refractivity contribution in [3.63, 3.8) is 0 Å². The van der Waals surface area contributed by atoms with Gasteiger partial charge in [-0.1, -0.05) is 22.0 Å². The minimum Gasteiger partial charge on any atom is -0.383 e. The van der Waals surface area contributed by atoms with Crippen LogP contribution in [0.1, 0.15) is 5.56 Å². The molecule has 0 unspecified atom stereocenters. The number of nitrogens with one attached hydrogen (secondary N) is 2. The molecule has 0 radical (unpaired) electrons. The molecular weight excluding hydrogens is 284 g/mol. The lowest BCUT2D eigenvalue weighted by Crippen LogP contribution is -2.32. The Morgan fingerprint density at radius 1 is 1.47 bits per heavy atom. The molecule has 0 aliphatic carbocycles. The summed E-state index contributed by atoms with van der Waals surface area (Å²) in [7, 11) is 1.61. The highest BCUT2D eigenvalue weighted by Crippen LogP contribution is 2.20. The summed E-state index contributed by atoms with van der Waals surface area (Å²) in [5.41, 5.74) is 2.07. The molecule has 1 amide bonds. The number of ether oxygens (including phenoxy) is 1. The van der Waals surface area contributed by atoms with Crippen LogP contribution in [0.2, 0.25) is 0 Å². The molecule has 0 saturated heterocycles. The van der Waals surface area contributed by atoms with Crippen LogP contribution in [0.3, 0.4) is 0 Å². The molecule has 17 heavy (non-hydrogen) atoms. The Kier molecular flexibility index (Phi) is 6.00. The number of aryl methyl sites for hydroxylation is 1. The Morgan fingerprint density at radius 3 is 2.94 bits per heavy atom. The Hall–Kier alpha value is -1.07. The lowest BCUT2D eigenvalue weighted by Gasteiger charge is -2.10. The molecule has 0 heterocycles. The van der Waals surface area contributed by atoms with Crippen LogP contribution in [0.25, 0.3) is 0 Å². The van der Waals surface area contributed by atoms with Crippen LogP contribution in [-0.2, 0) is 9.53 Å². The van der Waals surface area contributed by atoms with Crippen LogP contribution >= 0.6 is 15.9 Å². The molecule has 0 bridgehead atoms. The van der Waals surface area contributed by atoms with Gasteiger partial charge in [-0.25, -0.2) is 0 Å². The predicted molar refractivity (Wildman–Crippen MR) is 72.3 cm³/mol. The number of methoxy groups -OCH3 is 1. The average molecular weight is 301 g/mol. The number of hydrogen-bond acceptors (Lipinski definition) is 3. The van der Waals surface area contributed by atoms with Crippen LogP contribution in [0.4, 0.5) is 5.69 Å². The summed E-state index contributed by atoms with van der Waals surface area (Å²) in [4.78, 5) is 11.4. The minimum absolute atomic E-state index is 0.0403. The fourth-order valence-corrected chi connectivity index (χ4v) is 1.68. The van der Waals surface area contributed by atoms with E-state index in [0.717, 1.165) is 15.7 Å². The van der Waals surface area contributed by atoms with E-state index in [-0.39, 0.29) is 12.5 Å². The zero-order chi connectivity index (χ0) is 12.7. The van der Waals surface area contributed by atoms with Gasteiger partial charge < -0.3 is 15.4 Å². The first-order valence-corrected chi connectivity index (χ1v) is 6.18. The standard InChI is InChI=1S/C12H17BrN2O2/c1-9-3-4-10(13)7-11(9)15-8-12(16)14-5-6-17-2/h3-4,7,15H,5-6,8H2,1-2H3,(H,14,16). The summed E-state index contributed by atoms with van der Waals surface area (Å²) in [5, 5.41) is 5.85. The van der Waals surface area contributed by atoms with Crippen LogP contribution in [0, 0.1) is 6.92 Å². The van der Waals surface area contributed by atoms with Crippen molar-refractivity contribution in [1.29, 1.82) is 0 Å². The molecule has 0 aromatic heterocycles. The molecule has 1 rings (SSSR count). The van der Waals surface area contributed by atoms with E-state index in [2.05, 4.69) is 26.6 Å². The lowest BCUT2D eigenvalue weighted by atomic mass is 10.2. The van der Waals surface area contributed by atoms with E-state index in [0.29, 0.717) is 13.2 Å². The van der Waals surface area contributed by atoms with E-state index in [1.807, 2.05) is 25.1 Å². The average Bonchev–Trinajstić information content (AvgIpc) is 2.31. The van der Waals surface area contributed by atoms with Gasteiger partial charge in [0.25, 0.3) is 0 Å². The fourth-order valence-electron chi connectivity index (χ4n) is 1.32. The monoisotopic (exact) mass is 300 g/mol. The van der Waals surface area contributed by atoms with Gasteiger partial charge in [-0.3, -0.25) is 4.79 Å². The van der Waals surface area contributed by atoms with Crippen LogP contribution in [0.5, 0.6) is 0 Å². The first kappa shape index (κ1) is 14.0. The molecule has 0 aliphatic rings. The van der Waals surface area contributed by atoms with Gasteiger partial charge in [0.1, 0.15) is 0 Å². The van der Waals surface area contributed by atoms with Crippen molar-refractivity contribution in [3.8, 4) is 0 Å². The normalized spacial score (nSPS) is 10.1. The molecule has 1 aromatic rings. The van der Waals surface area contributed by atoms with Crippen molar-refractivity contribution in [2.45, 2.75) is 6.92 Å². The summed E-state index contributed by atoms with van der Waals surface area (Å²) >= 11 is 3.40. The maximum absolute atomic E-state index is 11.4. The third-order valence-corrected chi connectivity index (χ3v) is 2.76. The summed E-state index contributed by atoms with van der Waals surface area (Å²) in [6, 6.07) is 5.92. The Bertz CT molecular complexity index is 383. The van der Waals surface area contributed by atoms with Gasteiger partial charge in [-0.15, -0.1) is 0 Å². The van der Waals surface area contributed by atoms with Gasteiger partial charge in [-0.2, -0.15) is 0 Å². The van der Waals surface area contributed by atoms with Gasteiger partial charge >= 0.3 is 0 Å². The van der Waals surface area contributed by atoms with Crippen molar-refractivity contribution in [2.24, 2.45) is 0 Å². The highest BCUT2D eigenvalue weighted by Gasteiger charge is 2.02. The Labute approximate surface area is 110 Å². The second-order valence-electron chi connectivity index (χ2n) is 3.66. The van der Waals surface area contributed by atoms with Crippen molar-refractivity contribution in [3.05, 3.63) is 28.2 Å². The van der Waals surface area contributed by atoms with Gasteiger partial charge in [0, 0.05) is 23.8 Å².